The highest BCUT2D eigenvalue weighted by Crippen LogP contribution is 2.48. The number of hydrogen-bond donors (Lipinski definition) is 0. The van der Waals surface area contributed by atoms with E-state index in [-0.39, 0.29) is 37.5 Å². The summed E-state index contributed by atoms with van der Waals surface area (Å²) in [6, 6.07) is 12.6. The highest BCUT2D eigenvalue weighted by molar-refractivity contribution is 6.74. The number of rotatable bonds is 18. The van der Waals surface area contributed by atoms with Gasteiger partial charge in [0.15, 0.2) is 19.8 Å². The molecule has 2 aromatic rings. The zero-order chi connectivity index (χ0) is 38.8. The lowest BCUT2D eigenvalue weighted by atomic mass is 9.82. The minimum Gasteiger partial charge on any atom is -0.497 e. The third kappa shape index (κ3) is 11.1. The third-order valence-corrected chi connectivity index (χ3v) is 15.1. The molecule has 2 heterocycles. The first kappa shape index (κ1) is 41.9. The summed E-state index contributed by atoms with van der Waals surface area (Å²) in [6.07, 6.45) is 1.59. The Kier molecular flexibility index (Phi) is 15.0. The van der Waals surface area contributed by atoms with E-state index in [1.54, 1.807) is 7.11 Å². The van der Waals surface area contributed by atoms with Gasteiger partial charge in [0.25, 0.3) is 0 Å². The molecule has 1 unspecified atom stereocenters. The van der Waals surface area contributed by atoms with Crippen molar-refractivity contribution < 1.29 is 47.2 Å². The predicted octanol–water partition coefficient (Wildman–Crippen LogP) is 7.67. The fraction of sp³-hybridized carbons (Fsp3) is 0.625. The number of esters is 1. The van der Waals surface area contributed by atoms with E-state index in [2.05, 4.69) is 52.6 Å². The van der Waals surface area contributed by atoms with Crippen LogP contribution in [0.2, 0.25) is 18.1 Å². The third-order valence-electron chi connectivity index (χ3n) is 10.5. The lowest BCUT2D eigenvalue weighted by Crippen LogP contribution is -2.42. The fourth-order valence-corrected chi connectivity index (χ4v) is 7.49. The summed E-state index contributed by atoms with van der Waals surface area (Å²) in [7, 11) is -0.415. The molecule has 53 heavy (non-hydrogen) atoms. The Morgan fingerprint density at radius 3 is 2.19 bits per heavy atom. The summed E-state index contributed by atoms with van der Waals surface area (Å²) >= 11 is 0. The monoisotopic (exact) mass is 756 g/mol. The number of likely N-dealkylation sites (tertiary alicyclic amines) is 1. The molecule has 0 saturated carbocycles. The van der Waals surface area contributed by atoms with Crippen LogP contribution in [0, 0.1) is 5.92 Å². The highest BCUT2D eigenvalue weighted by atomic mass is 28.4. The van der Waals surface area contributed by atoms with Crippen molar-refractivity contribution in [2.24, 2.45) is 5.92 Å². The highest BCUT2D eigenvalue weighted by Gasteiger charge is 2.49. The van der Waals surface area contributed by atoms with Crippen LogP contribution in [0.5, 0.6) is 17.2 Å². The molecule has 0 aliphatic carbocycles. The van der Waals surface area contributed by atoms with Gasteiger partial charge in [-0.05, 0) is 66.4 Å². The number of carbonyl (C=O) groups is 3. The van der Waals surface area contributed by atoms with Crippen LogP contribution in [0.3, 0.4) is 0 Å². The van der Waals surface area contributed by atoms with E-state index in [1.807, 2.05) is 47.4 Å². The van der Waals surface area contributed by atoms with E-state index >= 15 is 0 Å². The van der Waals surface area contributed by atoms with Crippen molar-refractivity contribution in [2.45, 2.75) is 104 Å². The molecule has 12 nitrogen and oxygen atoms in total. The number of hydrogen-bond acceptors (Lipinski definition) is 11. The summed E-state index contributed by atoms with van der Waals surface area (Å²) in [5.41, 5.74) is 1.67. The fourth-order valence-electron chi connectivity index (χ4n) is 6.47. The zero-order valence-electron chi connectivity index (χ0n) is 33.1. The number of carbonyl (C=O) groups excluding carboxylic acids is 3. The molecule has 1 amide bonds. The van der Waals surface area contributed by atoms with Crippen LogP contribution in [0.25, 0.3) is 0 Å². The number of ether oxygens (including phenoxy) is 6. The quantitative estimate of drug-likeness (QED) is 0.0645. The summed E-state index contributed by atoms with van der Waals surface area (Å²) in [5, 5.41) is 0.0188. The van der Waals surface area contributed by atoms with Crippen LogP contribution < -0.4 is 14.2 Å². The second-order valence-corrected chi connectivity index (χ2v) is 20.1. The number of nitrogens with zero attached hydrogens (tertiary/aromatic N) is 2. The van der Waals surface area contributed by atoms with Gasteiger partial charge in [0.05, 0.1) is 26.2 Å². The van der Waals surface area contributed by atoms with Gasteiger partial charge >= 0.3 is 12.1 Å². The molecule has 0 radical (unpaired) electrons. The van der Waals surface area contributed by atoms with Gasteiger partial charge in [-0.25, -0.2) is 4.79 Å². The number of benzene rings is 2. The molecule has 4 atom stereocenters. The molecule has 1 saturated heterocycles. The number of methoxy groups -OCH3 is 1. The Labute approximate surface area is 316 Å². The summed E-state index contributed by atoms with van der Waals surface area (Å²) < 4.78 is 39.3. The van der Waals surface area contributed by atoms with Gasteiger partial charge in [0, 0.05) is 38.5 Å². The molecular weight excluding hydrogens is 697 g/mol. The van der Waals surface area contributed by atoms with E-state index in [4.69, 9.17) is 32.8 Å². The van der Waals surface area contributed by atoms with E-state index in [0.717, 1.165) is 36.8 Å². The number of unbranched alkanes of at least 4 members (excludes halogenated alkanes) is 2. The zero-order valence-corrected chi connectivity index (χ0v) is 34.1. The van der Waals surface area contributed by atoms with Crippen LogP contribution in [0.4, 0.5) is 4.79 Å². The van der Waals surface area contributed by atoms with Gasteiger partial charge in [0.2, 0.25) is 19.0 Å². The second-order valence-electron chi connectivity index (χ2n) is 15.3. The Bertz CT molecular complexity index is 1500. The van der Waals surface area contributed by atoms with E-state index in [1.165, 1.54) is 6.92 Å². The lowest BCUT2D eigenvalue weighted by Gasteiger charge is -2.36. The van der Waals surface area contributed by atoms with Crippen molar-refractivity contribution in [2.75, 3.05) is 53.3 Å². The average Bonchev–Trinajstić information content (AvgIpc) is 3.74. The van der Waals surface area contributed by atoms with Crippen LogP contribution >= 0.6 is 0 Å². The smallest absolute Gasteiger partial charge is 0.497 e. The van der Waals surface area contributed by atoms with E-state index in [0.29, 0.717) is 36.9 Å². The van der Waals surface area contributed by atoms with Gasteiger partial charge in [-0.1, -0.05) is 65.7 Å². The molecule has 4 rings (SSSR count). The van der Waals surface area contributed by atoms with Crippen molar-refractivity contribution >= 4 is 26.3 Å². The van der Waals surface area contributed by atoms with Gasteiger partial charge in [0.1, 0.15) is 12.4 Å². The Morgan fingerprint density at radius 1 is 0.925 bits per heavy atom. The summed E-state index contributed by atoms with van der Waals surface area (Å²) in [6.45, 7) is 18.6. The van der Waals surface area contributed by atoms with Crippen molar-refractivity contribution in [1.82, 2.24) is 9.80 Å². The molecule has 0 N–H and O–H groups in total. The van der Waals surface area contributed by atoms with Crippen LogP contribution in [-0.4, -0.2) is 95.7 Å². The van der Waals surface area contributed by atoms with Crippen LogP contribution in [0.1, 0.15) is 90.3 Å². The Morgan fingerprint density at radius 2 is 1.57 bits per heavy atom. The van der Waals surface area contributed by atoms with Gasteiger partial charge in [-0.15, -0.1) is 0 Å². The summed E-state index contributed by atoms with van der Waals surface area (Å²) in [5.74, 6) is 0.149. The summed E-state index contributed by atoms with van der Waals surface area (Å²) in [4.78, 5) is 45.1. The van der Waals surface area contributed by atoms with Crippen molar-refractivity contribution in [3.8, 4) is 17.2 Å². The normalized spacial score (nSPS) is 19.1. The maximum Gasteiger partial charge on any atom is 0.511 e. The van der Waals surface area contributed by atoms with Crippen molar-refractivity contribution in [3.05, 3.63) is 53.6 Å². The molecule has 2 aromatic carbocycles. The molecule has 2 aliphatic rings. The molecule has 1 fully saturated rings. The average molecular weight is 757 g/mol. The van der Waals surface area contributed by atoms with Crippen molar-refractivity contribution in [3.63, 3.8) is 0 Å². The van der Waals surface area contributed by atoms with E-state index < -0.39 is 44.6 Å². The number of fused-ring (bicyclic) bond motifs is 1. The van der Waals surface area contributed by atoms with Gasteiger partial charge in [-0.3, -0.25) is 14.5 Å². The number of amides is 1. The minimum atomic E-state index is -2.01. The van der Waals surface area contributed by atoms with Crippen LogP contribution in [-0.2, 0) is 28.2 Å². The SMILES string of the molecule is CCCCN(CCCC)C(=O)CN1C[C@H](c2ccc3c(c2)OCO3)[C@@H](C(=O)OC(C)OC(=O)OCCO[Si](C)(C)C(C)(C)C)[C@@H]1c1ccc(OC)cc1. The van der Waals surface area contributed by atoms with E-state index in [9.17, 15) is 14.4 Å². The van der Waals surface area contributed by atoms with Crippen LogP contribution in [0.15, 0.2) is 42.5 Å². The molecule has 0 bridgehead atoms. The lowest BCUT2D eigenvalue weighted by molar-refractivity contribution is -0.174. The predicted molar refractivity (Wildman–Crippen MR) is 204 cm³/mol. The first-order valence-electron chi connectivity index (χ1n) is 18.9. The van der Waals surface area contributed by atoms with Crippen molar-refractivity contribution in [1.29, 1.82) is 0 Å². The Hall–Kier alpha value is -3.81. The molecule has 0 aromatic heterocycles. The molecule has 13 heteroatoms. The molecule has 0 spiro atoms. The first-order valence-corrected chi connectivity index (χ1v) is 21.8. The topological polar surface area (TPSA) is 122 Å². The van der Waals surface area contributed by atoms with Gasteiger partial charge in [-0.2, -0.15) is 0 Å². The maximum absolute atomic E-state index is 14.4. The standard InChI is InChI=1S/C40H60N2O10Si/c1-10-12-20-41(21-13-11-2)35(43)26-42-25-32(30-16-19-33-34(24-30)49-27-48-33)36(37(42)29-14-17-31(46-7)18-15-29)38(44)51-28(3)52-39(45)47-22-23-50-53(8,9)40(4,5)6/h14-19,24,28,32,36-37H,10-13,20-23,25-27H2,1-9H3/t28?,32-,36-,37+/m1/s1. The molecule has 294 valence electrons. The molecule has 2 aliphatic heterocycles. The maximum atomic E-state index is 14.4. The largest absolute Gasteiger partial charge is 0.511 e. The first-order chi connectivity index (χ1) is 25.2. The Balaban J connectivity index is 1.59. The minimum absolute atomic E-state index is 0.0108. The second kappa shape index (κ2) is 19.0. The van der Waals surface area contributed by atoms with Gasteiger partial charge < -0.3 is 37.7 Å². The molecular formula is C40H60N2O10Si.